The first-order chi connectivity index (χ1) is 11.0. The molecule has 0 bridgehead atoms. The Morgan fingerprint density at radius 3 is 2.91 bits per heavy atom. The number of benzene rings is 1. The second-order valence-electron chi connectivity index (χ2n) is 6.10. The first-order valence-corrected chi connectivity index (χ1v) is 7.77. The lowest BCUT2D eigenvalue weighted by atomic mass is 9.94. The summed E-state index contributed by atoms with van der Waals surface area (Å²) in [5.74, 6) is -1.62. The average molecular weight is 315 g/mol. The largest absolute Gasteiger partial charge is 0.481 e. The SMILES string of the molecule is Cc1cc(-n2cccn2)ccc1CN1CC[C@H](O)[C@H](C(=O)O)C1. The number of aryl methyl sites for hydroxylation is 1. The molecule has 2 heterocycles. The smallest absolute Gasteiger partial charge is 0.310 e. The molecule has 2 N–H and O–H groups in total. The highest BCUT2D eigenvalue weighted by Gasteiger charge is 2.33. The number of rotatable bonds is 4. The third kappa shape index (κ3) is 3.43. The van der Waals surface area contributed by atoms with E-state index in [1.54, 1.807) is 6.20 Å². The number of piperidine rings is 1. The van der Waals surface area contributed by atoms with Crippen LogP contribution in [0.2, 0.25) is 0 Å². The minimum Gasteiger partial charge on any atom is -0.481 e. The molecule has 1 aliphatic heterocycles. The van der Waals surface area contributed by atoms with Crippen LogP contribution in [-0.4, -0.2) is 50.1 Å². The Kier molecular flexibility index (Phi) is 4.45. The van der Waals surface area contributed by atoms with Crippen molar-refractivity contribution >= 4 is 5.97 Å². The van der Waals surface area contributed by atoms with E-state index in [2.05, 4.69) is 29.1 Å². The maximum Gasteiger partial charge on any atom is 0.310 e. The number of carbonyl (C=O) groups is 1. The van der Waals surface area contributed by atoms with Gasteiger partial charge in [-0.15, -0.1) is 0 Å². The lowest BCUT2D eigenvalue weighted by Crippen LogP contribution is -2.46. The molecule has 2 aromatic rings. The van der Waals surface area contributed by atoms with Crippen LogP contribution in [0.5, 0.6) is 0 Å². The summed E-state index contributed by atoms with van der Waals surface area (Å²) in [6, 6.07) is 8.04. The van der Waals surface area contributed by atoms with Gasteiger partial charge in [0.2, 0.25) is 0 Å². The van der Waals surface area contributed by atoms with Gasteiger partial charge < -0.3 is 10.2 Å². The summed E-state index contributed by atoms with van der Waals surface area (Å²) >= 11 is 0. The van der Waals surface area contributed by atoms with E-state index >= 15 is 0 Å². The molecule has 1 aromatic heterocycles. The number of aliphatic hydroxyl groups is 1. The molecule has 1 aliphatic rings. The molecule has 0 radical (unpaired) electrons. The molecule has 0 spiro atoms. The van der Waals surface area contributed by atoms with Crippen LogP contribution in [0.4, 0.5) is 0 Å². The molecule has 0 aliphatic carbocycles. The van der Waals surface area contributed by atoms with Crippen molar-refractivity contribution in [2.75, 3.05) is 13.1 Å². The average Bonchev–Trinajstić information content (AvgIpc) is 3.05. The Morgan fingerprint density at radius 2 is 2.26 bits per heavy atom. The van der Waals surface area contributed by atoms with E-state index in [9.17, 15) is 15.0 Å². The van der Waals surface area contributed by atoms with Crippen molar-refractivity contribution in [2.24, 2.45) is 5.92 Å². The molecule has 3 rings (SSSR count). The zero-order chi connectivity index (χ0) is 16.4. The highest BCUT2D eigenvalue weighted by molar-refractivity contribution is 5.71. The van der Waals surface area contributed by atoms with Crippen LogP contribution in [0.1, 0.15) is 17.5 Å². The number of hydrogen-bond donors (Lipinski definition) is 2. The van der Waals surface area contributed by atoms with Crippen LogP contribution in [0, 0.1) is 12.8 Å². The first-order valence-electron chi connectivity index (χ1n) is 7.77. The Labute approximate surface area is 135 Å². The number of aliphatic hydroxyl groups excluding tert-OH is 1. The van der Waals surface area contributed by atoms with E-state index in [1.807, 2.05) is 23.0 Å². The van der Waals surface area contributed by atoms with E-state index in [0.29, 0.717) is 26.1 Å². The fourth-order valence-electron chi connectivity index (χ4n) is 3.06. The van der Waals surface area contributed by atoms with Crippen LogP contribution in [0.3, 0.4) is 0 Å². The number of carboxylic acids is 1. The van der Waals surface area contributed by atoms with E-state index in [1.165, 1.54) is 5.56 Å². The van der Waals surface area contributed by atoms with Gasteiger partial charge in [-0.3, -0.25) is 9.69 Å². The van der Waals surface area contributed by atoms with Crippen molar-refractivity contribution in [1.82, 2.24) is 14.7 Å². The molecule has 23 heavy (non-hydrogen) atoms. The first kappa shape index (κ1) is 15.7. The summed E-state index contributed by atoms with van der Waals surface area (Å²) in [7, 11) is 0. The molecular weight excluding hydrogens is 294 g/mol. The van der Waals surface area contributed by atoms with Gasteiger partial charge in [0, 0.05) is 32.0 Å². The third-order valence-electron chi connectivity index (χ3n) is 4.47. The Morgan fingerprint density at radius 1 is 1.43 bits per heavy atom. The number of likely N-dealkylation sites (tertiary alicyclic amines) is 1. The lowest BCUT2D eigenvalue weighted by Gasteiger charge is -2.34. The molecule has 0 amide bonds. The highest BCUT2D eigenvalue weighted by Crippen LogP contribution is 2.22. The van der Waals surface area contributed by atoms with E-state index in [0.717, 1.165) is 11.3 Å². The molecule has 6 nitrogen and oxygen atoms in total. The zero-order valence-corrected chi connectivity index (χ0v) is 13.1. The summed E-state index contributed by atoms with van der Waals surface area (Å²) < 4.78 is 1.81. The second-order valence-corrected chi connectivity index (χ2v) is 6.10. The molecular formula is C17H21N3O3. The fourth-order valence-corrected chi connectivity index (χ4v) is 3.06. The summed E-state index contributed by atoms with van der Waals surface area (Å²) in [5.41, 5.74) is 3.33. The number of aliphatic carboxylic acids is 1. The van der Waals surface area contributed by atoms with Crippen molar-refractivity contribution in [3.05, 3.63) is 47.8 Å². The van der Waals surface area contributed by atoms with Gasteiger partial charge >= 0.3 is 5.97 Å². The van der Waals surface area contributed by atoms with Gasteiger partial charge in [0.05, 0.1) is 17.7 Å². The van der Waals surface area contributed by atoms with Crippen molar-refractivity contribution in [1.29, 1.82) is 0 Å². The van der Waals surface area contributed by atoms with Gasteiger partial charge in [-0.05, 0) is 42.7 Å². The van der Waals surface area contributed by atoms with Gasteiger partial charge in [0.15, 0.2) is 0 Å². The monoisotopic (exact) mass is 315 g/mol. The fraction of sp³-hybridized carbons (Fsp3) is 0.412. The van der Waals surface area contributed by atoms with E-state index in [4.69, 9.17) is 0 Å². The van der Waals surface area contributed by atoms with E-state index < -0.39 is 18.0 Å². The molecule has 6 heteroatoms. The molecule has 0 saturated carbocycles. The van der Waals surface area contributed by atoms with Crippen molar-refractivity contribution in [3.63, 3.8) is 0 Å². The van der Waals surface area contributed by atoms with Crippen LogP contribution < -0.4 is 0 Å². The third-order valence-corrected chi connectivity index (χ3v) is 4.47. The number of hydrogen-bond acceptors (Lipinski definition) is 4. The van der Waals surface area contributed by atoms with Crippen molar-refractivity contribution in [3.8, 4) is 5.69 Å². The molecule has 0 unspecified atom stereocenters. The van der Waals surface area contributed by atoms with Crippen LogP contribution in [-0.2, 0) is 11.3 Å². The zero-order valence-electron chi connectivity index (χ0n) is 13.1. The van der Waals surface area contributed by atoms with Gasteiger partial charge in [0.1, 0.15) is 0 Å². The normalized spacial score (nSPS) is 22.2. The number of aromatic nitrogens is 2. The minimum absolute atomic E-state index is 0.386. The van der Waals surface area contributed by atoms with Crippen LogP contribution in [0.15, 0.2) is 36.7 Å². The summed E-state index contributed by atoms with van der Waals surface area (Å²) in [6.45, 7) is 3.85. The molecule has 1 aromatic carbocycles. The molecule has 1 saturated heterocycles. The van der Waals surface area contributed by atoms with Crippen LogP contribution >= 0.6 is 0 Å². The maximum absolute atomic E-state index is 11.2. The van der Waals surface area contributed by atoms with Gasteiger partial charge in [-0.2, -0.15) is 5.10 Å². The van der Waals surface area contributed by atoms with Gasteiger partial charge in [-0.25, -0.2) is 4.68 Å². The number of carboxylic acid groups (broad SMARTS) is 1. The summed E-state index contributed by atoms with van der Waals surface area (Å²) in [6.07, 6.45) is 3.40. The Bertz CT molecular complexity index is 684. The quantitative estimate of drug-likeness (QED) is 0.893. The Balaban J connectivity index is 1.72. The Hall–Kier alpha value is -2.18. The van der Waals surface area contributed by atoms with Crippen molar-refractivity contribution < 1.29 is 15.0 Å². The lowest BCUT2D eigenvalue weighted by molar-refractivity contribution is -0.149. The molecule has 1 fully saturated rings. The van der Waals surface area contributed by atoms with Gasteiger partial charge in [-0.1, -0.05) is 6.07 Å². The summed E-state index contributed by atoms with van der Waals surface area (Å²) in [5, 5.41) is 23.2. The van der Waals surface area contributed by atoms with Crippen LogP contribution in [0.25, 0.3) is 5.69 Å². The molecule has 122 valence electrons. The van der Waals surface area contributed by atoms with E-state index in [-0.39, 0.29) is 0 Å². The topological polar surface area (TPSA) is 78.6 Å². The minimum atomic E-state index is -0.923. The standard InChI is InChI=1S/C17H21N3O3/c1-12-9-14(20-7-2-6-18-20)4-3-13(12)10-19-8-5-16(21)15(11-19)17(22)23/h2-4,6-7,9,15-16,21H,5,8,10-11H2,1H3,(H,22,23)/t15-,16+/m1/s1. The maximum atomic E-state index is 11.2. The predicted octanol–water partition coefficient (Wildman–Crippen LogP) is 1.45. The van der Waals surface area contributed by atoms with Crippen molar-refractivity contribution in [2.45, 2.75) is 26.0 Å². The summed E-state index contributed by atoms with van der Waals surface area (Å²) in [4.78, 5) is 13.3. The highest BCUT2D eigenvalue weighted by atomic mass is 16.4. The van der Waals surface area contributed by atoms with Gasteiger partial charge in [0.25, 0.3) is 0 Å². The predicted molar refractivity (Wildman–Crippen MR) is 85.3 cm³/mol. The number of nitrogens with zero attached hydrogens (tertiary/aromatic N) is 3. The second kappa shape index (κ2) is 6.52. The molecule has 2 atom stereocenters.